The lowest BCUT2D eigenvalue weighted by Crippen LogP contribution is -2.27. The number of halogens is 1. The summed E-state index contributed by atoms with van der Waals surface area (Å²) in [6.45, 7) is 5.37. The average Bonchev–Trinajstić information content (AvgIpc) is 2.65. The Bertz CT molecular complexity index is 629. The number of fused-ring (bicyclic) bond motifs is 1. The van der Waals surface area contributed by atoms with E-state index < -0.39 is 11.7 Å². The van der Waals surface area contributed by atoms with Gasteiger partial charge in [0.1, 0.15) is 11.4 Å². The maximum Gasteiger partial charge on any atom is 0.435 e. The molecule has 6 heteroatoms. The van der Waals surface area contributed by atoms with Gasteiger partial charge in [0, 0.05) is 0 Å². The number of carbonyl (C=O) groups is 1. The van der Waals surface area contributed by atoms with Crippen molar-refractivity contribution in [3.8, 4) is 5.75 Å². The zero-order valence-corrected chi connectivity index (χ0v) is 12.0. The van der Waals surface area contributed by atoms with Crippen LogP contribution >= 0.6 is 11.6 Å². The molecule has 1 heterocycles. The van der Waals surface area contributed by atoms with E-state index in [1.165, 1.54) is 7.11 Å². The van der Waals surface area contributed by atoms with E-state index >= 15 is 0 Å². The zero-order valence-electron chi connectivity index (χ0n) is 11.2. The molecule has 2 aromatic rings. The molecule has 19 heavy (non-hydrogen) atoms. The lowest BCUT2D eigenvalue weighted by atomic mass is 10.2. The first-order valence-electron chi connectivity index (χ1n) is 5.78. The van der Waals surface area contributed by atoms with Crippen LogP contribution in [0.15, 0.2) is 18.2 Å². The summed E-state index contributed by atoms with van der Waals surface area (Å²) in [7, 11) is 1.54. The summed E-state index contributed by atoms with van der Waals surface area (Å²) >= 11 is 6.06. The quantitative estimate of drug-likeness (QED) is 0.803. The molecule has 0 fully saturated rings. The minimum atomic E-state index is -0.597. The molecule has 2 rings (SSSR count). The molecule has 0 aliphatic heterocycles. The van der Waals surface area contributed by atoms with E-state index in [-0.39, 0.29) is 5.15 Å². The van der Waals surface area contributed by atoms with Gasteiger partial charge in [-0.25, -0.2) is 4.79 Å². The minimum absolute atomic E-state index is 0.207. The van der Waals surface area contributed by atoms with Crippen molar-refractivity contribution in [2.75, 3.05) is 7.11 Å². The monoisotopic (exact) mass is 282 g/mol. The number of nitrogens with zero attached hydrogens (tertiary/aromatic N) is 2. The molecular formula is C13H15ClN2O3. The van der Waals surface area contributed by atoms with Crippen molar-refractivity contribution >= 4 is 28.6 Å². The van der Waals surface area contributed by atoms with Crippen molar-refractivity contribution in [1.29, 1.82) is 0 Å². The van der Waals surface area contributed by atoms with E-state index in [9.17, 15) is 4.79 Å². The molecule has 0 amide bonds. The number of aromatic nitrogens is 2. The molecule has 0 aliphatic rings. The van der Waals surface area contributed by atoms with Gasteiger partial charge >= 0.3 is 6.09 Å². The number of benzene rings is 1. The van der Waals surface area contributed by atoms with Gasteiger partial charge in [-0.2, -0.15) is 4.68 Å². The third-order valence-electron chi connectivity index (χ3n) is 2.41. The molecule has 0 saturated heterocycles. The number of hydrogen-bond acceptors (Lipinski definition) is 4. The molecule has 0 radical (unpaired) electrons. The minimum Gasteiger partial charge on any atom is -0.496 e. The fourth-order valence-electron chi connectivity index (χ4n) is 1.71. The van der Waals surface area contributed by atoms with Gasteiger partial charge in [0.15, 0.2) is 5.15 Å². The Hall–Kier alpha value is -1.75. The molecule has 5 nitrogen and oxygen atoms in total. The summed E-state index contributed by atoms with van der Waals surface area (Å²) in [5.41, 5.74) is -0.0423. The summed E-state index contributed by atoms with van der Waals surface area (Å²) in [5.74, 6) is 0.567. The second-order valence-electron chi connectivity index (χ2n) is 5.04. The SMILES string of the molecule is COc1cccc2c1c(Cl)nn2C(=O)OC(C)(C)C. The van der Waals surface area contributed by atoms with Crippen LogP contribution in [0, 0.1) is 0 Å². The standard InChI is InChI=1S/C13H15ClN2O3/c1-13(2,3)19-12(17)16-8-6-5-7-9(18-4)10(8)11(14)15-16/h5-7H,1-4H3. The van der Waals surface area contributed by atoms with E-state index in [1.807, 2.05) is 0 Å². The highest BCUT2D eigenvalue weighted by Crippen LogP contribution is 2.31. The largest absolute Gasteiger partial charge is 0.496 e. The highest BCUT2D eigenvalue weighted by molar-refractivity contribution is 6.35. The molecule has 0 N–H and O–H groups in total. The fraction of sp³-hybridized carbons (Fsp3) is 0.385. The predicted octanol–water partition coefficient (Wildman–Crippen LogP) is 3.48. The van der Waals surface area contributed by atoms with Crippen LogP contribution in [0.1, 0.15) is 20.8 Å². The molecule has 0 atom stereocenters. The van der Waals surface area contributed by atoms with Crippen LogP contribution in [-0.2, 0) is 4.74 Å². The zero-order chi connectivity index (χ0) is 14.2. The lowest BCUT2D eigenvalue weighted by Gasteiger charge is -2.19. The third kappa shape index (κ3) is 2.66. The number of rotatable bonds is 1. The smallest absolute Gasteiger partial charge is 0.435 e. The maximum absolute atomic E-state index is 12.1. The van der Waals surface area contributed by atoms with E-state index in [1.54, 1.807) is 39.0 Å². The molecule has 0 saturated carbocycles. The van der Waals surface area contributed by atoms with Crippen molar-refractivity contribution in [3.63, 3.8) is 0 Å². The topological polar surface area (TPSA) is 53.4 Å². The molecule has 0 unspecified atom stereocenters. The molecule has 1 aromatic heterocycles. The lowest BCUT2D eigenvalue weighted by molar-refractivity contribution is 0.0523. The number of hydrogen-bond donors (Lipinski definition) is 0. The van der Waals surface area contributed by atoms with Gasteiger partial charge in [-0.15, -0.1) is 5.10 Å². The molecule has 102 valence electrons. The van der Waals surface area contributed by atoms with E-state index in [2.05, 4.69) is 5.10 Å². The van der Waals surface area contributed by atoms with Gasteiger partial charge in [0.25, 0.3) is 0 Å². The van der Waals surface area contributed by atoms with Crippen LogP contribution in [0.4, 0.5) is 4.79 Å². The van der Waals surface area contributed by atoms with Crippen LogP contribution in [0.25, 0.3) is 10.9 Å². The summed E-state index contributed by atoms with van der Waals surface area (Å²) in [6.07, 6.45) is -0.572. The first-order chi connectivity index (χ1) is 8.83. The number of methoxy groups -OCH3 is 1. The van der Waals surface area contributed by atoms with Gasteiger partial charge in [-0.1, -0.05) is 17.7 Å². The van der Waals surface area contributed by atoms with Crippen LogP contribution < -0.4 is 4.74 Å². The predicted molar refractivity (Wildman–Crippen MR) is 72.9 cm³/mol. The number of carbonyl (C=O) groups excluding carboxylic acids is 1. The Kier molecular flexibility index (Phi) is 3.41. The van der Waals surface area contributed by atoms with Crippen molar-refractivity contribution in [2.24, 2.45) is 0 Å². The Balaban J connectivity index is 2.54. The van der Waals surface area contributed by atoms with Crippen LogP contribution in [-0.4, -0.2) is 28.6 Å². The van der Waals surface area contributed by atoms with Crippen LogP contribution in [0.5, 0.6) is 5.75 Å². The van der Waals surface area contributed by atoms with Gasteiger partial charge in [-0.05, 0) is 32.9 Å². The molecule has 0 spiro atoms. The summed E-state index contributed by atoms with van der Waals surface area (Å²) < 4.78 is 11.6. The van der Waals surface area contributed by atoms with E-state index in [0.717, 1.165) is 4.68 Å². The normalized spacial score (nSPS) is 11.6. The second-order valence-corrected chi connectivity index (χ2v) is 5.40. The van der Waals surface area contributed by atoms with Crippen molar-refractivity contribution in [1.82, 2.24) is 9.78 Å². The molecule has 0 bridgehead atoms. The Morgan fingerprint density at radius 1 is 1.37 bits per heavy atom. The Labute approximate surface area is 116 Å². The van der Waals surface area contributed by atoms with Crippen molar-refractivity contribution < 1.29 is 14.3 Å². The summed E-state index contributed by atoms with van der Waals surface area (Å²) in [6, 6.07) is 5.26. The summed E-state index contributed by atoms with van der Waals surface area (Å²) in [5, 5.41) is 4.81. The van der Waals surface area contributed by atoms with Crippen molar-refractivity contribution in [2.45, 2.75) is 26.4 Å². The van der Waals surface area contributed by atoms with Gasteiger partial charge in [0.2, 0.25) is 0 Å². The van der Waals surface area contributed by atoms with Gasteiger partial charge in [0.05, 0.1) is 18.0 Å². The fourth-order valence-corrected chi connectivity index (χ4v) is 1.98. The highest BCUT2D eigenvalue weighted by atomic mass is 35.5. The van der Waals surface area contributed by atoms with Gasteiger partial charge in [-0.3, -0.25) is 0 Å². The first-order valence-corrected chi connectivity index (χ1v) is 6.16. The maximum atomic E-state index is 12.1. The Morgan fingerprint density at radius 2 is 2.05 bits per heavy atom. The highest BCUT2D eigenvalue weighted by Gasteiger charge is 2.22. The molecule has 1 aromatic carbocycles. The second kappa shape index (κ2) is 4.74. The van der Waals surface area contributed by atoms with E-state index in [4.69, 9.17) is 21.1 Å². The van der Waals surface area contributed by atoms with Gasteiger partial charge < -0.3 is 9.47 Å². The van der Waals surface area contributed by atoms with Crippen molar-refractivity contribution in [3.05, 3.63) is 23.4 Å². The van der Waals surface area contributed by atoms with Crippen LogP contribution in [0.2, 0.25) is 5.15 Å². The van der Waals surface area contributed by atoms with Crippen LogP contribution in [0.3, 0.4) is 0 Å². The van der Waals surface area contributed by atoms with E-state index in [0.29, 0.717) is 16.7 Å². The number of ether oxygens (including phenoxy) is 2. The third-order valence-corrected chi connectivity index (χ3v) is 2.68. The average molecular weight is 283 g/mol. The first kappa shape index (κ1) is 13.7. The molecule has 0 aliphatic carbocycles. The summed E-state index contributed by atoms with van der Waals surface area (Å²) in [4.78, 5) is 12.1. The molecular weight excluding hydrogens is 268 g/mol. The Morgan fingerprint density at radius 3 is 2.63 bits per heavy atom.